The third-order valence-corrected chi connectivity index (χ3v) is 2.16. The van der Waals surface area contributed by atoms with E-state index < -0.39 is 0 Å². The van der Waals surface area contributed by atoms with Crippen LogP contribution in [-0.4, -0.2) is 12.6 Å². The normalized spacial score (nSPS) is 10.7. The second-order valence-electron chi connectivity index (χ2n) is 2.52. The lowest BCUT2D eigenvalue weighted by Crippen LogP contribution is -3.00. The van der Waals surface area contributed by atoms with E-state index in [1.807, 2.05) is 7.05 Å². The largest absolute Gasteiger partial charge is 1.00 e. The predicted octanol–water partition coefficient (Wildman–Crippen LogP) is -1.10. The van der Waals surface area contributed by atoms with Gasteiger partial charge in [-0.15, -0.1) is 0 Å². The highest BCUT2D eigenvalue weighted by Gasteiger charge is 2.14. The minimum absolute atomic E-state index is 0. The van der Waals surface area contributed by atoms with E-state index in [0.29, 0.717) is 5.54 Å². The minimum atomic E-state index is 0. The van der Waals surface area contributed by atoms with Crippen molar-refractivity contribution < 1.29 is 13.8 Å². The first-order valence-corrected chi connectivity index (χ1v) is 3.37. The molecule has 58 valence electrons. The van der Waals surface area contributed by atoms with E-state index in [2.05, 4.69) is 26.1 Å². The minimum Gasteiger partial charge on any atom is -1.00 e. The fourth-order valence-corrected chi connectivity index (χ4v) is 0.604. The van der Waals surface area contributed by atoms with Crippen LogP contribution in [0.5, 0.6) is 0 Å². The second kappa shape index (κ2) is 5.07. The Balaban J connectivity index is -0.000000245. The maximum absolute atomic E-state index is 3.28. The second-order valence-corrected chi connectivity index (χ2v) is 2.52. The van der Waals surface area contributed by atoms with Gasteiger partial charge in [-0.1, -0.05) is 13.8 Å². The first kappa shape index (κ1) is 12.0. The molecular formula is C7H18ClN. The average Bonchev–Trinajstić information content (AvgIpc) is 1.87. The zero-order chi connectivity index (χ0) is 6.62. The van der Waals surface area contributed by atoms with E-state index in [-0.39, 0.29) is 13.8 Å². The van der Waals surface area contributed by atoms with Gasteiger partial charge in [0.15, 0.2) is 0 Å². The molecule has 0 saturated carbocycles. The number of halogens is 1. The van der Waals surface area contributed by atoms with Crippen LogP contribution in [0.15, 0.2) is 0 Å². The van der Waals surface area contributed by atoms with Crippen LogP contribution in [0, 0.1) is 0 Å². The van der Waals surface area contributed by atoms with Crippen molar-refractivity contribution in [1.29, 1.82) is 0 Å². The molecule has 0 fully saturated rings. The van der Waals surface area contributed by atoms with Gasteiger partial charge in [0.25, 0.3) is 0 Å². The third-order valence-electron chi connectivity index (χ3n) is 2.16. The molecule has 0 amide bonds. The third kappa shape index (κ3) is 3.77. The molecule has 0 radical (unpaired) electrons. The van der Waals surface area contributed by atoms with Gasteiger partial charge in [0.2, 0.25) is 0 Å². The molecule has 0 atom stereocenters. The summed E-state index contributed by atoms with van der Waals surface area (Å²) in [5, 5.41) is 3.28. The highest BCUT2D eigenvalue weighted by atomic mass is 35.5. The number of nitrogens with one attached hydrogen (secondary N) is 1. The molecule has 2 heteroatoms. The van der Waals surface area contributed by atoms with Gasteiger partial charge < -0.3 is 17.7 Å². The van der Waals surface area contributed by atoms with E-state index >= 15 is 0 Å². The van der Waals surface area contributed by atoms with Crippen molar-refractivity contribution in [1.82, 2.24) is 5.32 Å². The molecule has 0 unspecified atom stereocenters. The predicted molar refractivity (Wildman–Crippen MR) is 39.2 cm³/mol. The molecule has 0 saturated heterocycles. The maximum atomic E-state index is 3.28. The van der Waals surface area contributed by atoms with Crippen LogP contribution in [-0.2, 0) is 0 Å². The molecule has 0 aliphatic carbocycles. The Morgan fingerprint density at radius 1 is 1.33 bits per heavy atom. The molecule has 0 spiro atoms. The summed E-state index contributed by atoms with van der Waals surface area (Å²) >= 11 is 0. The fraction of sp³-hybridized carbons (Fsp3) is 1.00. The first-order valence-electron chi connectivity index (χ1n) is 3.37. The van der Waals surface area contributed by atoms with Crippen molar-refractivity contribution >= 4 is 0 Å². The fourth-order valence-electron chi connectivity index (χ4n) is 0.604. The van der Waals surface area contributed by atoms with Crippen LogP contribution in [0.2, 0.25) is 0 Å². The van der Waals surface area contributed by atoms with Gasteiger partial charge >= 0.3 is 1.43 Å². The average molecular weight is 152 g/mol. The Morgan fingerprint density at radius 3 is 1.67 bits per heavy atom. The van der Waals surface area contributed by atoms with Crippen molar-refractivity contribution in [3.05, 3.63) is 0 Å². The monoisotopic (exact) mass is 151 g/mol. The SMILES string of the molecule is CCC(C)(CC)NC.[Cl-].[H+]. The molecule has 9 heavy (non-hydrogen) atoms. The summed E-state index contributed by atoms with van der Waals surface area (Å²) in [4.78, 5) is 0. The smallest absolute Gasteiger partial charge is 1.00 e. The number of hydrogen-bond donors (Lipinski definition) is 1. The van der Waals surface area contributed by atoms with E-state index in [1.54, 1.807) is 0 Å². The van der Waals surface area contributed by atoms with Crippen molar-refractivity contribution in [3.63, 3.8) is 0 Å². The summed E-state index contributed by atoms with van der Waals surface area (Å²) in [5.41, 5.74) is 0.375. The Bertz CT molecular complexity index is 56.4. The van der Waals surface area contributed by atoms with E-state index in [0.717, 1.165) is 0 Å². The first-order chi connectivity index (χ1) is 3.68. The molecule has 0 aromatic rings. The number of rotatable bonds is 3. The standard InChI is InChI=1S/C7H17N.ClH/c1-5-7(3,6-2)8-4;/h8H,5-6H2,1-4H3;1H. The van der Waals surface area contributed by atoms with E-state index in [4.69, 9.17) is 0 Å². The van der Waals surface area contributed by atoms with E-state index in [1.165, 1.54) is 12.8 Å². The van der Waals surface area contributed by atoms with Crippen LogP contribution >= 0.6 is 0 Å². The van der Waals surface area contributed by atoms with Gasteiger partial charge in [0.05, 0.1) is 0 Å². The molecule has 0 bridgehead atoms. The van der Waals surface area contributed by atoms with Crippen molar-refractivity contribution in [3.8, 4) is 0 Å². The molecule has 1 N–H and O–H groups in total. The lowest BCUT2D eigenvalue weighted by molar-refractivity contribution is -0.00000225. The quantitative estimate of drug-likeness (QED) is 0.540. The molecule has 0 aromatic carbocycles. The maximum Gasteiger partial charge on any atom is 1.00 e. The van der Waals surface area contributed by atoms with Crippen LogP contribution < -0.4 is 17.7 Å². The van der Waals surface area contributed by atoms with Crippen LogP contribution in [0.3, 0.4) is 0 Å². The summed E-state index contributed by atoms with van der Waals surface area (Å²) in [6.07, 6.45) is 2.42. The molecule has 0 heterocycles. The summed E-state index contributed by atoms with van der Waals surface area (Å²) < 4.78 is 0. The van der Waals surface area contributed by atoms with Crippen molar-refractivity contribution in [2.45, 2.75) is 39.2 Å². The molecular weight excluding hydrogens is 134 g/mol. The Labute approximate surface area is 66.1 Å². The lowest BCUT2D eigenvalue weighted by Gasteiger charge is -2.25. The Hall–Kier alpha value is 0.250. The summed E-state index contributed by atoms with van der Waals surface area (Å²) in [7, 11) is 2.02. The zero-order valence-electron chi connectivity index (χ0n) is 7.79. The van der Waals surface area contributed by atoms with Gasteiger partial charge in [-0.05, 0) is 26.8 Å². The van der Waals surface area contributed by atoms with Crippen LogP contribution in [0.1, 0.15) is 35.0 Å². The summed E-state index contributed by atoms with van der Waals surface area (Å²) in [6, 6.07) is 0. The number of hydrogen-bond acceptors (Lipinski definition) is 1. The molecule has 0 aliphatic rings. The van der Waals surface area contributed by atoms with Gasteiger partial charge in [-0.3, -0.25) is 0 Å². The highest BCUT2D eigenvalue weighted by molar-refractivity contribution is 4.76. The zero-order valence-corrected chi connectivity index (χ0v) is 7.55. The Morgan fingerprint density at radius 2 is 1.67 bits per heavy atom. The van der Waals surface area contributed by atoms with Gasteiger partial charge in [0.1, 0.15) is 0 Å². The Kier molecular flexibility index (Phi) is 6.74. The topological polar surface area (TPSA) is 12.0 Å². The molecule has 0 rings (SSSR count). The molecule has 0 aliphatic heterocycles. The summed E-state index contributed by atoms with van der Waals surface area (Å²) in [6.45, 7) is 6.66. The van der Waals surface area contributed by atoms with Crippen molar-refractivity contribution in [2.24, 2.45) is 0 Å². The van der Waals surface area contributed by atoms with Gasteiger partial charge in [-0.2, -0.15) is 0 Å². The van der Waals surface area contributed by atoms with Crippen molar-refractivity contribution in [2.75, 3.05) is 7.05 Å². The highest BCUT2D eigenvalue weighted by Crippen LogP contribution is 2.11. The molecule has 0 aromatic heterocycles. The van der Waals surface area contributed by atoms with Gasteiger partial charge in [-0.25, -0.2) is 0 Å². The summed E-state index contributed by atoms with van der Waals surface area (Å²) in [5.74, 6) is 0. The van der Waals surface area contributed by atoms with Gasteiger partial charge in [0, 0.05) is 5.54 Å². The van der Waals surface area contributed by atoms with E-state index in [9.17, 15) is 0 Å². The molecule has 1 nitrogen and oxygen atoms in total. The van der Waals surface area contributed by atoms with Crippen LogP contribution in [0.4, 0.5) is 0 Å². The van der Waals surface area contributed by atoms with Crippen LogP contribution in [0.25, 0.3) is 0 Å². The lowest BCUT2D eigenvalue weighted by atomic mass is 9.96.